The summed E-state index contributed by atoms with van der Waals surface area (Å²) < 4.78 is 5.59. The Kier molecular flexibility index (Phi) is 4.74. The largest absolute Gasteiger partial charge is 0.378 e. The topological polar surface area (TPSA) is 50.4 Å². The van der Waals surface area contributed by atoms with E-state index in [-0.39, 0.29) is 5.91 Å². The Morgan fingerprint density at radius 1 is 1.50 bits per heavy atom. The van der Waals surface area contributed by atoms with Crippen LogP contribution in [0, 0.1) is 5.92 Å². The van der Waals surface area contributed by atoms with Crippen molar-refractivity contribution >= 4 is 5.91 Å². The summed E-state index contributed by atoms with van der Waals surface area (Å²) in [4.78, 5) is 11.8. The summed E-state index contributed by atoms with van der Waals surface area (Å²) in [6.45, 7) is 7.44. The molecular weight excluding hydrogens is 204 g/mol. The zero-order valence-corrected chi connectivity index (χ0v) is 10.8. The van der Waals surface area contributed by atoms with Crippen molar-refractivity contribution in [2.45, 2.75) is 45.3 Å². The molecule has 0 radical (unpaired) electrons. The molecule has 4 nitrogen and oxygen atoms in total. The van der Waals surface area contributed by atoms with Crippen LogP contribution in [-0.4, -0.2) is 37.7 Å². The van der Waals surface area contributed by atoms with Gasteiger partial charge in [0.2, 0.25) is 5.91 Å². The van der Waals surface area contributed by atoms with E-state index < -0.39 is 5.54 Å². The second kappa shape index (κ2) is 5.64. The Morgan fingerprint density at radius 2 is 2.19 bits per heavy atom. The number of hydrogen-bond acceptors (Lipinski definition) is 3. The second-order valence-corrected chi connectivity index (χ2v) is 4.95. The van der Waals surface area contributed by atoms with E-state index in [0.29, 0.717) is 12.0 Å². The highest BCUT2D eigenvalue weighted by Crippen LogP contribution is 2.22. The Balaban J connectivity index is 2.37. The predicted molar refractivity (Wildman–Crippen MR) is 64.3 cm³/mol. The minimum Gasteiger partial charge on any atom is -0.378 e. The Labute approximate surface area is 98.1 Å². The zero-order valence-electron chi connectivity index (χ0n) is 10.8. The van der Waals surface area contributed by atoms with Gasteiger partial charge in [0.15, 0.2) is 0 Å². The van der Waals surface area contributed by atoms with Crippen molar-refractivity contribution in [1.29, 1.82) is 0 Å². The number of carbonyl (C=O) groups excluding carboxylic acids is 1. The Bertz CT molecular complexity index is 241. The maximum atomic E-state index is 11.8. The average molecular weight is 228 g/mol. The van der Waals surface area contributed by atoms with Gasteiger partial charge in [0, 0.05) is 19.1 Å². The molecule has 0 aromatic rings. The SMILES string of the molecule is CCC1OCCC1CNC(=O)C(C)(C)NC. The maximum Gasteiger partial charge on any atom is 0.239 e. The lowest BCUT2D eigenvalue weighted by molar-refractivity contribution is -0.126. The molecule has 16 heavy (non-hydrogen) atoms. The van der Waals surface area contributed by atoms with Gasteiger partial charge in [0.25, 0.3) is 0 Å². The van der Waals surface area contributed by atoms with E-state index >= 15 is 0 Å². The van der Waals surface area contributed by atoms with Crippen LogP contribution in [0.3, 0.4) is 0 Å². The molecule has 0 bridgehead atoms. The first-order chi connectivity index (χ1) is 7.51. The molecule has 1 rings (SSSR count). The lowest BCUT2D eigenvalue weighted by atomic mass is 9.98. The second-order valence-electron chi connectivity index (χ2n) is 4.95. The van der Waals surface area contributed by atoms with Crippen LogP contribution in [0.15, 0.2) is 0 Å². The highest BCUT2D eigenvalue weighted by molar-refractivity contribution is 5.85. The number of carbonyl (C=O) groups is 1. The molecule has 4 heteroatoms. The molecule has 2 N–H and O–H groups in total. The standard InChI is InChI=1S/C12H24N2O2/c1-5-10-9(6-7-16-10)8-14-11(15)12(2,3)13-4/h9-10,13H,5-8H2,1-4H3,(H,14,15). The van der Waals surface area contributed by atoms with Crippen molar-refractivity contribution < 1.29 is 9.53 Å². The van der Waals surface area contributed by atoms with Gasteiger partial charge in [0.05, 0.1) is 11.6 Å². The fourth-order valence-electron chi connectivity index (χ4n) is 1.94. The summed E-state index contributed by atoms with van der Waals surface area (Å²) in [7, 11) is 1.80. The number of amides is 1. The first kappa shape index (κ1) is 13.5. The van der Waals surface area contributed by atoms with Crippen LogP contribution in [0.1, 0.15) is 33.6 Å². The molecule has 2 atom stereocenters. The zero-order chi connectivity index (χ0) is 12.2. The van der Waals surface area contributed by atoms with Crippen molar-refractivity contribution in [3.05, 3.63) is 0 Å². The monoisotopic (exact) mass is 228 g/mol. The quantitative estimate of drug-likeness (QED) is 0.735. The Hall–Kier alpha value is -0.610. The Morgan fingerprint density at radius 3 is 2.75 bits per heavy atom. The molecular formula is C12H24N2O2. The number of nitrogens with one attached hydrogen (secondary N) is 2. The van der Waals surface area contributed by atoms with Crippen LogP contribution >= 0.6 is 0 Å². The van der Waals surface area contributed by atoms with Gasteiger partial charge in [0.1, 0.15) is 0 Å². The predicted octanol–water partition coefficient (Wildman–Crippen LogP) is 0.916. The first-order valence-electron chi connectivity index (χ1n) is 6.10. The van der Waals surface area contributed by atoms with Crippen molar-refractivity contribution in [3.8, 4) is 0 Å². The van der Waals surface area contributed by atoms with E-state index in [1.165, 1.54) is 0 Å². The van der Waals surface area contributed by atoms with Gasteiger partial charge in [-0.3, -0.25) is 4.79 Å². The lowest BCUT2D eigenvalue weighted by Gasteiger charge is -2.25. The average Bonchev–Trinajstić information content (AvgIpc) is 2.72. The molecule has 1 amide bonds. The summed E-state index contributed by atoms with van der Waals surface area (Å²) in [5, 5.41) is 6.00. The van der Waals surface area contributed by atoms with Gasteiger partial charge in [-0.1, -0.05) is 6.92 Å². The van der Waals surface area contributed by atoms with Crippen LogP contribution in [0.5, 0.6) is 0 Å². The van der Waals surface area contributed by atoms with Gasteiger partial charge in [-0.15, -0.1) is 0 Å². The molecule has 1 fully saturated rings. The third-order valence-electron chi connectivity index (χ3n) is 3.47. The molecule has 1 aliphatic heterocycles. The lowest BCUT2D eigenvalue weighted by Crippen LogP contribution is -2.52. The first-order valence-corrected chi connectivity index (χ1v) is 6.10. The third kappa shape index (κ3) is 3.19. The van der Waals surface area contributed by atoms with Gasteiger partial charge in [-0.2, -0.15) is 0 Å². The summed E-state index contributed by atoms with van der Waals surface area (Å²) in [5.74, 6) is 0.526. The summed E-state index contributed by atoms with van der Waals surface area (Å²) in [6, 6.07) is 0. The van der Waals surface area contributed by atoms with Crippen molar-refractivity contribution in [2.75, 3.05) is 20.2 Å². The molecule has 0 saturated carbocycles. The number of rotatable bonds is 5. The van der Waals surface area contributed by atoms with E-state index in [0.717, 1.165) is 26.0 Å². The maximum absolute atomic E-state index is 11.8. The van der Waals surface area contributed by atoms with Gasteiger partial charge >= 0.3 is 0 Å². The molecule has 1 aliphatic rings. The third-order valence-corrected chi connectivity index (χ3v) is 3.47. The molecule has 1 heterocycles. The van der Waals surface area contributed by atoms with Gasteiger partial charge in [-0.05, 0) is 33.7 Å². The van der Waals surface area contributed by atoms with Gasteiger partial charge < -0.3 is 15.4 Å². The van der Waals surface area contributed by atoms with Crippen LogP contribution in [-0.2, 0) is 9.53 Å². The van der Waals surface area contributed by atoms with Crippen molar-refractivity contribution in [1.82, 2.24) is 10.6 Å². The van der Waals surface area contributed by atoms with E-state index in [1.807, 2.05) is 13.8 Å². The van der Waals surface area contributed by atoms with Crippen LogP contribution in [0.4, 0.5) is 0 Å². The van der Waals surface area contributed by atoms with Crippen molar-refractivity contribution in [2.24, 2.45) is 5.92 Å². The number of hydrogen-bond donors (Lipinski definition) is 2. The van der Waals surface area contributed by atoms with Crippen LogP contribution in [0.2, 0.25) is 0 Å². The van der Waals surface area contributed by atoms with E-state index in [4.69, 9.17) is 4.74 Å². The normalized spacial score (nSPS) is 25.8. The summed E-state index contributed by atoms with van der Waals surface area (Å²) >= 11 is 0. The molecule has 0 aliphatic carbocycles. The molecule has 94 valence electrons. The van der Waals surface area contributed by atoms with E-state index in [1.54, 1.807) is 7.05 Å². The van der Waals surface area contributed by atoms with Crippen molar-refractivity contribution in [3.63, 3.8) is 0 Å². The molecule has 2 unspecified atom stereocenters. The number of likely N-dealkylation sites (N-methyl/N-ethyl adjacent to an activating group) is 1. The minimum atomic E-state index is -0.499. The fourth-order valence-corrected chi connectivity index (χ4v) is 1.94. The minimum absolute atomic E-state index is 0.0525. The summed E-state index contributed by atoms with van der Waals surface area (Å²) in [5.41, 5.74) is -0.499. The summed E-state index contributed by atoms with van der Waals surface area (Å²) in [6.07, 6.45) is 2.40. The van der Waals surface area contributed by atoms with Crippen LogP contribution in [0.25, 0.3) is 0 Å². The molecule has 0 spiro atoms. The number of ether oxygens (including phenoxy) is 1. The molecule has 0 aromatic heterocycles. The van der Waals surface area contributed by atoms with E-state index in [2.05, 4.69) is 17.6 Å². The molecule has 1 saturated heterocycles. The highest BCUT2D eigenvalue weighted by Gasteiger charge is 2.29. The smallest absolute Gasteiger partial charge is 0.239 e. The van der Waals surface area contributed by atoms with Crippen LogP contribution < -0.4 is 10.6 Å². The van der Waals surface area contributed by atoms with Gasteiger partial charge in [-0.25, -0.2) is 0 Å². The highest BCUT2D eigenvalue weighted by atomic mass is 16.5. The molecule has 0 aromatic carbocycles. The van der Waals surface area contributed by atoms with E-state index in [9.17, 15) is 4.79 Å². The fraction of sp³-hybridized carbons (Fsp3) is 0.917.